The third-order valence-corrected chi connectivity index (χ3v) is 4.29. The third-order valence-electron chi connectivity index (χ3n) is 4.29. The van der Waals surface area contributed by atoms with Gasteiger partial charge in [-0.2, -0.15) is 0 Å². The minimum absolute atomic E-state index is 0.447. The van der Waals surface area contributed by atoms with Gasteiger partial charge in [-0.25, -0.2) is 0 Å². The molecule has 1 nitrogen and oxygen atoms in total. The molecule has 0 saturated heterocycles. The van der Waals surface area contributed by atoms with E-state index < -0.39 is 0 Å². The molecule has 2 rings (SSSR count). The van der Waals surface area contributed by atoms with Gasteiger partial charge in [0.15, 0.2) is 0 Å². The van der Waals surface area contributed by atoms with E-state index in [1.165, 1.54) is 30.5 Å². The number of aryl methyl sites for hydroxylation is 1. The molecule has 1 saturated carbocycles. The third kappa shape index (κ3) is 3.99. The van der Waals surface area contributed by atoms with E-state index in [1.807, 2.05) is 0 Å². The highest BCUT2D eigenvalue weighted by Crippen LogP contribution is 2.46. The lowest BCUT2D eigenvalue weighted by Crippen LogP contribution is -2.40. The second-order valence-electron chi connectivity index (χ2n) is 7.81. The Morgan fingerprint density at radius 2 is 1.53 bits per heavy atom. The lowest BCUT2D eigenvalue weighted by atomic mass is 9.63. The minimum Gasteiger partial charge on any atom is -0.382 e. The van der Waals surface area contributed by atoms with Gasteiger partial charge in [-0.1, -0.05) is 46.8 Å². The molecule has 0 radical (unpaired) electrons. The largest absolute Gasteiger partial charge is 0.382 e. The van der Waals surface area contributed by atoms with E-state index in [1.54, 1.807) is 0 Å². The summed E-state index contributed by atoms with van der Waals surface area (Å²) in [6.07, 6.45) is 4.98. The molecule has 1 aromatic carbocycles. The highest BCUT2D eigenvalue weighted by molar-refractivity contribution is 5.45. The first kappa shape index (κ1) is 14.4. The lowest BCUT2D eigenvalue weighted by Gasteiger charge is -2.45. The maximum atomic E-state index is 3.74. The van der Waals surface area contributed by atoms with E-state index in [4.69, 9.17) is 0 Å². The molecule has 0 aromatic heterocycles. The Kier molecular flexibility index (Phi) is 3.94. The van der Waals surface area contributed by atoms with Crippen LogP contribution in [0.2, 0.25) is 0 Å². The van der Waals surface area contributed by atoms with E-state index >= 15 is 0 Å². The summed E-state index contributed by atoms with van der Waals surface area (Å²) in [7, 11) is 0. The molecule has 1 aliphatic carbocycles. The van der Waals surface area contributed by atoms with Crippen LogP contribution in [0, 0.1) is 10.8 Å². The number of hydrogen-bond donors (Lipinski definition) is 1. The van der Waals surface area contributed by atoms with E-state index in [9.17, 15) is 0 Å². The summed E-state index contributed by atoms with van der Waals surface area (Å²) < 4.78 is 0. The van der Waals surface area contributed by atoms with Gasteiger partial charge in [0.2, 0.25) is 0 Å². The molecule has 1 N–H and O–H groups in total. The predicted molar refractivity (Wildman–Crippen MR) is 84.6 cm³/mol. The normalized spacial score (nSPS) is 22.2. The first-order valence-electron chi connectivity index (χ1n) is 7.65. The maximum Gasteiger partial charge on any atom is 0.0342 e. The molecule has 106 valence electrons. The van der Waals surface area contributed by atoms with Crippen LogP contribution in [0.5, 0.6) is 0 Å². The second kappa shape index (κ2) is 5.19. The summed E-state index contributed by atoms with van der Waals surface area (Å²) in [5.41, 5.74) is 3.58. The van der Waals surface area contributed by atoms with Crippen molar-refractivity contribution in [3.05, 3.63) is 29.8 Å². The van der Waals surface area contributed by atoms with Crippen molar-refractivity contribution in [2.24, 2.45) is 10.8 Å². The van der Waals surface area contributed by atoms with Gasteiger partial charge in [-0.15, -0.1) is 0 Å². The highest BCUT2D eigenvalue weighted by atomic mass is 14.9. The van der Waals surface area contributed by atoms with Crippen molar-refractivity contribution in [2.45, 2.75) is 66.3 Å². The zero-order valence-electron chi connectivity index (χ0n) is 13.2. The van der Waals surface area contributed by atoms with E-state index in [0.717, 1.165) is 6.42 Å². The molecule has 0 heterocycles. The van der Waals surface area contributed by atoms with Gasteiger partial charge in [-0.3, -0.25) is 0 Å². The Bertz CT molecular complexity index is 398. The summed E-state index contributed by atoms with van der Waals surface area (Å²) in [5.74, 6) is 0. The van der Waals surface area contributed by atoms with Gasteiger partial charge < -0.3 is 5.32 Å². The van der Waals surface area contributed by atoms with Gasteiger partial charge in [0.05, 0.1) is 0 Å². The van der Waals surface area contributed by atoms with E-state index in [0.29, 0.717) is 16.9 Å². The van der Waals surface area contributed by atoms with Crippen molar-refractivity contribution in [2.75, 3.05) is 5.32 Å². The van der Waals surface area contributed by atoms with Gasteiger partial charge in [-0.05, 0) is 54.2 Å². The predicted octanol–water partition coefficient (Wildman–Crippen LogP) is 5.27. The second-order valence-corrected chi connectivity index (χ2v) is 7.81. The van der Waals surface area contributed by atoms with E-state index in [-0.39, 0.29) is 0 Å². The number of hydrogen-bond acceptors (Lipinski definition) is 1. The number of nitrogens with one attached hydrogen (secondary N) is 1. The fraction of sp³-hybridized carbons (Fsp3) is 0.667. The van der Waals surface area contributed by atoms with Crippen LogP contribution in [0.1, 0.15) is 59.4 Å². The molecule has 0 spiro atoms. The topological polar surface area (TPSA) is 12.0 Å². The van der Waals surface area contributed by atoms with Crippen molar-refractivity contribution in [3.8, 4) is 0 Å². The van der Waals surface area contributed by atoms with Crippen LogP contribution in [0.25, 0.3) is 0 Å². The van der Waals surface area contributed by atoms with Crippen molar-refractivity contribution in [3.63, 3.8) is 0 Å². The minimum atomic E-state index is 0.447. The van der Waals surface area contributed by atoms with Gasteiger partial charge >= 0.3 is 0 Å². The molecule has 19 heavy (non-hydrogen) atoms. The molecule has 0 atom stereocenters. The first-order chi connectivity index (χ1) is 8.80. The average Bonchev–Trinajstić information content (AvgIpc) is 2.25. The fourth-order valence-corrected chi connectivity index (χ4v) is 4.02. The zero-order chi connectivity index (χ0) is 14.1. The SMILES string of the molecule is CCc1ccc(NC2CC(C)(C)CC(C)(C)C2)cc1. The van der Waals surface area contributed by atoms with Crippen LogP contribution in [0.3, 0.4) is 0 Å². The van der Waals surface area contributed by atoms with Crippen molar-refractivity contribution in [1.82, 2.24) is 0 Å². The summed E-state index contributed by atoms with van der Waals surface area (Å²) in [4.78, 5) is 0. The van der Waals surface area contributed by atoms with Crippen LogP contribution in [-0.2, 0) is 6.42 Å². The molecule has 1 aliphatic rings. The average molecular weight is 259 g/mol. The molecule has 1 aromatic rings. The maximum absolute atomic E-state index is 3.74. The summed E-state index contributed by atoms with van der Waals surface area (Å²) in [6.45, 7) is 11.8. The van der Waals surface area contributed by atoms with Gasteiger partial charge in [0, 0.05) is 11.7 Å². The smallest absolute Gasteiger partial charge is 0.0342 e. The molecule has 0 aliphatic heterocycles. The van der Waals surface area contributed by atoms with Gasteiger partial charge in [0.25, 0.3) is 0 Å². The Hall–Kier alpha value is -0.980. The number of benzene rings is 1. The summed E-state index contributed by atoms with van der Waals surface area (Å²) in [6, 6.07) is 9.54. The molecule has 1 heteroatoms. The molecular weight excluding hydrogens is 230 g/mol. The van der Waals surface area contributed by atoms with Crippen molar-refractivity contribution >= 4 is 5.69 Å². The molecule has 0 amide bonds. The van der Waals surface area contributed by atoms with Crippen molar-refractivity contribution in [1.29, 1.82) is 0 Å². The molecule has 0 unspecified atom stereocenters. The Morgan fingerprint density at radius 1 is 1.00 bits per heavy atom. The first-order valence-corrected chi connectivity index (χ1v) is 7.65. The quantitative estimate of drug-likeness (QED) is 0.780. The Balaban J connectivity index is 2.05. The molecule has 0 bridgehead atoms. The van der Waals surface area contributed by atoms with Crippen molar-refractivity contribution < 1.29 is 0 Å². The highest BCUT2D eigenvalue weighted by Gasteiger charge is 2.38. The van der Waals surface area contributed by atoms with Crippen LogP contribution in [-0.4, -0.2) is 6.04 Å². The summed E-state index contributed by atoms with van der Waals surface area (Å²) in [5, 5.41) is 3.74. The zero-order valence-corrected chi connectivity index (χ0v) is 13.2. The van der Waals surface area contributed by atoms with Crippen LogP contribution in [0.4, 0.5) is 5.69 Å². The molecule has 1 fully saturated rings. The molecular formula is C18H29N. The lowest BCUT2D eigenvalue weighted by molar-refractivity contribution is 0.105. The fourth-order valence-electron chi connectivity index (χ4n) is 4.02. The Morgan fingerprint density at radius 3 is 2.00 bits per heavy atom. The van der Waals surface area contributed by atoms with Gasteiger partial charge in [0.1, 0.15) is 0 Å². The van der Waals surface area contributed by atoms with E-state index in [2.05, 4.69) is 64.2 Å². The van der Waals surface area contributed by atoms with Crippen LogP contribution < -0.4 is 5.32 Å². The Labute approximate surface area is 118 Å². The monoisotopic (exact) mass is 259 g/mol. The number of rotatable bonds is 3. The number of anilines is 1. The standard InChI is InChI=1S/C18H29N/c1-6-14-7-9-15(10-8-14)19-16-11-17(2,3)13-18(4,5)12-16/h7-10,16,19H,6,11-13H2,1-5H3. The van der Waals surface area contributed by atoms with Crippen LogP contribution in [0.15, 0.2) is 24.3 Å². The van der Waals surface area contributed by atoms with Crippen LogP contribution >= 0.6 is 0 Å². The summed E-state index contributed by atoms with van der Waals surface area (Å²) >= 11 is 0.